The van der Waals surface area contributed by atoms with Gasteiger partial charge in [0.2, 0.25) is 5.91 Å². The Kier molecular flexibility index (Phi) is 5.26. The van der Waals surface area contributed by atoms with Gasteiger partial charge in [-0.1, -0.05) is 26.7 Å². The molecule has 0 heterocycles. The molecule has 1 amide bonds. The Bertz CT molecular complexity index is 226. The monoisotopic (exact) mass is 226 g/mol. The first-order valence-corrected chi connectivity index (χ1v) is 6.54. The molecule has 0 radical (unpaired) electrons. The van der Waals surface area contributed by atoms with Crippen LogP contribution in [0.25, 0.3) is 0 Å². The summed E-state index contributed by atoms with van der Waals surface area (Å²) in [5.74, 6) is 1.62. The number of carbonyl (C=O) groups is 1. The first kappa shape index (κ1) is 13.5. The van der Waals surface area contributed by atoms with Crippen LogP contribution in [-0.2, 0) is 4.79 Å². The fourth-order valence-corrected chi connectivity index (χ4v) is 2.54. The zero-order chi connectivity index (χ0) is 12.1. The molecule has 1 aliphatic rings. The quantitative estimate of drug-likeness (QED) is 0.771. The third kappa shape index (κ3) is 4.52. The van der Waals surface area contributed by atoms with Crippen LogP contribution >= 0.6 is 0 Å². The lowest BCUT2D eigenvalue weighted by Crippen LogP contribution is -2.41. The predicted octanol–water partition coefficient (Wildman–Crippen LogP) is 2.05. The molecule has 0 aromatic rings. The van der Waals surface area contributed by atoms with E-state index in [2.05, 4.69) is 19.2 Å². The van der Waals surface area contributed by atoms with E-state index in [0.29, 0.717) is 12.5 Å². The van der Waals surface area contributed by atoms with Gasteiger partial charge in [0.1, 0.15) is 0 Å². The maximum atomic E-state index is 11.6. The minimum Gasteiger partial charge on any atom is -0.353 e. The van der Waals surface area contributed by atoms with Crippen LogP contribution in [-0.4, -0.2) is 18.0 Å². The number of amides is 1. The number of hydrogen-bond donors (Lipinski definition) is 2. The van der Waals surface area contributed by atoms with Crippen molar-refractivity contribution >= 4 is 5.91 Å². The molecule has 0 aromatic carbocycles. The van der Waals surface area contributed by atoms with Crippen molar-refractivity contribution in [2.24, 2.45) is 17.6 Å². The molecule has 1 aliphatic carbocycles. The summed E-state index contributed by atoms with van der Waals surface area (Å²) in [5.41, 5.74) is 5.61. The number of nitrogens with two attached hydrogens (primary N) is 1. The van der Waals surface area contributed by atoms with Gasteiger partial charge < -0.3 is 11.1 Å². The molecule has 0 aromatic heterocycles. The lowest BCUT2D eigenvalue weighted by atomic mass is 9.79. The van der Waals surface area contributed by atoms with E-state index in [0.717, 1.165) is 24.7 Å². The highest BCUT2D eigenvalue weighted by molar-refractivity contribution is 5.76. The number of rotatable bonds is 4. The third-order valence-corrected chi connectivity index (χ3v) is 3.53. The Balaban J connectivity index is 2.34. The lowest BCUT2D eigenvalue weighted by molar-refractivity contribution is -0.122. The third-order valence-electron chi connectivity index (χ3n) is 3.53. The molecule has 94 valence electrons. The summed E-state index contributed by atoms with van der Waals surface area (Å²) in [7, 11) is 0. The molecule has 3 unspecified atom stereocenters. The topological polar surface area (TPSA) is 55.1 Å². The Morgan fingerprint density at radius 1 is 1.38 bits per heavy atom. The largest absolute Gasteiger partial charge is 0.353 e. The summed E-state index contributed by atoms with van der Waals surface area (Å²) in [4.78, 5) is 11.6. The van der Waals surface area contributed by atoms with Gasteiger partial charge in [0, 0.05) is 18.5 Å². The van der Waals surface area contributed by atoms with Crippen LogP contribution in [0.15, 0.2) is 0 Å². The summed E-state index contributed by atoms with van der Waals surface area (Å²) in [6.45, 7) is 6.42. The number of nitrogens with one attached hydrogen (secondary N) is 1. The van der Waals surface area contributed by atoms with E-state index in [9.17, 15) is 4.79 Å². The molecule has 3 heteroatoms. The standard InChI is InChI=1S/C13H26N2O/c1-9(2)11-5-4-6-12(8-11)15-13(16)7-10(3)14/h9-12H,4-8,14H2,1-3H3,(H,15,16). The van der Waals surface area contributed by atoms with Crippen LogP contribution in [0.1, 0.15) is 52.9 Å². The maximum absolute atomic E-state index is 11.6. The van der Waals surface area contributed by atoms with Crippen molar-refractivity contribution in [1.82, 2.24) is 5.32 Å². The van der Waals surface area contributed by atoms with Crippen LogP contribution in [0.3, 0.4) is 0 Å². The molecule has 3 N–H and O–H groups in total. The molecule has 1 fully saturated rings. The van der Waals surface area contributed by atoms with Crippen molar-refractivity contribution in [3.63, 3.8) is 0 Å². The second kappa shape index (κ2) is 6.24. The van der Waals surface area contributed by atoms with Gasteiger partial charge in [0.25, 0.3) is 0 Å². The zero-order valence-electron chi connectivity index (χ0n) is 10.8. The number of hydrogen-bond acceptors (Lipinski definition) is 2. The van der Waals surface area contributed by atoms with Crippen LogP contribution in [0, 0.1) is 11.8 Å². The van der Waals surface area contributed by atoms with Crippen LogP contribution in [0.2, 0.25) is 0 Å². The first-order chi connectivity index (χ1) is 7.49. The van der Waals surface area contributed by atoms with Crippen molar-refractivity contribution in [3.05, 3.63) is 0 Å². The predicted molar refractivity (Wildman–Crippen MR) is 67.0 cm³/mol. The first-order valence-electron chi connectivity index (χ1n) is 6.54. The summed E-state index contributed by atoms with van der Waals surface area (Å²) in [6, 6.07) is 0.344. The van der Waals surface area contributed by atoms with E-state index >= 15 is 0 Å². The molecular weight excluding hydrogens is 200 g/mol. The van der Waals surface area contributed by atoms with Crippen molar-refractivity contribution in [2.75, 3.05) is 0 Å². The van der Waals surface area contributed by atoms with E-state index < -0.39 is 0 Å². The van der Waals surface area contributed by atoms with Crippen LogP contribution in [0.4, 0.5) is 0 Å². The van der Waals surface area contributed by atoms with Gasteiger partial charge in [-0.2, -0.15) is 0 Å². The van der Waals surface area contributed by atoms with Crippen molar-refractivity contribution < 1.29 is 4.79 Å². The second-order valence-electron chi connectivity index (χ2n) is 5.62. The second-order valence-corrected chi connectivity index (χ2v) is 5.62. The Hall–Kier alpha value is -0.570. The lowest BCUT2D eigenvalue weighted by Gasteiger charge is -2.32. The molecular formula is C13H26N2O. The molecule has 1 rings (SSSR count). The zero-order valence-corrected chi connectivity index (χ0v) is 10.8. The fourth-order valence-electron chi connectivity index (χ4n) is 2.54. The molecule has 16 heavy (non-hydrogen) atoms. The normalized spacial score (nSPS) is 27.8. The Morgan fingerprint density at radius 3 is 2.62 bits per heavy atom. The number of carbonyl (C=O) groups excluding carboxylic acids is 1. The molecule has 0 spiro atoms. The van der Waals surface area contributed by atoms with E-state index in [4.69, 9.17) is 5.73 Å². The van der Waals surface area contributed by atoms with Gasteiger partial charge in [0.05, 0.1) is 0 Å². The molecule has 3 atom stereocenters. The van der Waals surface area contributed by atoms with Gasteiger partial charge >= 0.3 is 0 Å². The molecule has 0 aliphatic heterocycles. The van der Waals surface area contributed by atoms with Crippen molar-refractivity contribution in [1.29, 1.82) is 0 Å². The van der Waals surface area contributed by atoms with Crippen molar-refractivity contribution in [2.45, 2.75) is 65.0 Å². The summed E-state index contributed by atoms with van der Waals surface area (Å²) in [5, 5.41) is 3.12. The van der Waals surface area contributed by atoms with E-state index in [1.807, 2.05) is 6.92 Å². The summed E-state index contributed by atoms with van der Waals surface area (Å²) < 4.78 is 0. The van der Waals surface area contributed by atoms with Gasteiger partial charge in [-0.15, -0.1) is 0 Å². The van der Waals surface area contributed by atoms with Gasteiger partial charge in [-0.05, 0) is 31.6 Å². The highest BCUT2D eigenvalue weighted by Gasteiger charge is 2.25. The SMILES string of the molecule is CC(N)CC(=O)NC1CCCC(C(C)C)C1. The smallest absolute Gasteiger partial charge is 0.221 e. The van der Waals surface area contributed by atoms with Crippen molar-refractivity contribution in [3.8, 4) is 0 Å². The fraction of sp³-hybridized carbons (Fsp3) is 0.923. The minimum atomic E-state index is -0.0375. The van der Waals surface area contributed by atoms with Gasteiger partial charge in [0.15, 0.2) is 0 Å². The molecule has 1 saturated carbocycles. The highest BCUT2D eigenvalue weighted by Crippen LogP contribution is 2.29. The molecule has 0 saturated heterocycles. The molecule has 3 nitrogen and oxygen atoms in total. The van der Waals surface area contributed by atoms with Crippen LogP contribution < -0.4 is 11.1 Å². The van der Waals surface area contributed by atoms with E-state index in [1.54, 1.807) is 0 Å². The minimum absolute atomic E-state index is 0.0375. The van der Waals surface area contributed by atoms with Gasteiger partial charge in [-0.3, -0.25) is 4.79 Å². The summed E-state index contributed by atoms with van der Waals surface area (Å²) in [6.07, 6.45) is 5.28. The van der Waals surface area contributed by atoms with Gasteiger partial charge in [-0.25, -0.2) is 0 Å². The Morgan fingerprint density at radius 2 is 2.06 bits per heavy atom. The average Bonchev–Trinajstić information content (AvgIpc) is 2.16. The van der Waals surface area contributed by atoms with E-state index in [1.165, 1.54) is 12.8 Å². The van der Waals surface area contributed by atoms with Crippen LogP contribution in [0.5, 0.6) is 0 Å². The summed E-state index contributed by atoms with van der Waals surface area (Å²) >= 11 is 0. The Labute approximate surface area is 99.2 Å². The molecule has 0 bridgehead atoms. The van der Waals surface area contributed by atoms with E-state index in [-0.39, 0.29) is 11.9 Å². The highest BCUT2D eigenvalue weighted by atomic mass is 16.1. The average molecular weight is 226 g/mol. The maximum Gasteiger partial charge on any atom is 0.221 e.